The molecule has 0 aliphatic carbocycles. The summed E-state index contributed by atoms with van der Waals surface area (Å²) in [5.74, 6) is 1.35. The van der Waals surface area contributed by atoms with Crippen molar-refractivity contribution in [1.29, 1.82) is 0 Å². The maximum absolute atomic E-state index is 11.5. The standard InChI is InChI=1S/C19H19N3O4S2/c1-25-15-7-4-14(18(10-15)26-2)11-20-22-19-21-17(12-27-19)13-5-8-16(9-6-13)28(3,23)24/h4-12H,1-3H3,(H,21,22)/b20-11+. The van der Waals surface area contributed by atoms with Gasteiger partial charge in [-0.3, -0.25) is 5.43 Å². The number of benzene rings is 2. The summed E-state index contributed by atoms with van der Waals surface area (Å²) in [7, 11) is -0.0315. The fourth-order valence-electron chi connectivity index (χ4n) is 2.41. The minimum Gasteiger partial charge on any atom is -0.497 e. The second kappa shape index (κ2) is 8.41. The SMILES string of the molecule is COc1ccc(/C=N/Nc2nc(-c3ccc(S(C)(=O)=O)cc3)cs2)c(OC)c1. The molecule has 3 rings (SSSR count). The number of anilines is 1. The van der Waals surface area contributed by atoms with Gasteiger partial charge >= 0.3 is 0 Å². The number of hydrogen-bond donors (Lipinski definition) is 1. The van der Waals surface area contributed by atoms with Crippen LogP contribution in [0.1, 0.15) is 5.56 Å². The van der Waals surface area contributed by atoms with Crippen LogP contribution in [-0.2, 0) is 9.84 Å². The van der Waals surface area contributed by atoms with Gasteiger partial charge in [0, 0.05) is 28.8 Å². The van der Waals surface area contributed by atoms with Gasteiger partial charge in [-0.15, -0.1) is 11.3 Å². The first-order valence-corrected chi connectivity index (χ1v) is 10.9. The predicted molar refractivity (Wildman–Crippen MR) is 111 cm³/mol. The van der Waals surface area contributed by atoms with E-state index >= 15 is 0 Å². The molecule has 0 bridgehead atoms. The molecule has 0 amide bonds. The van der Waals surface area contributed by atoms with Crippen molar-refractivity contribution in [3.8, 4) is 22.8 Å². The highest BCUT2D eigenvalue weighted by molar-refractivity contribution is 7.90. The van der Waals surface area contributed by atoms with E-state index in [1.807, 2.05) is 17.5 Å². The van der Waals surface area contributed by atoms with Crippen molar-refractivity contribution >= 4 is 32.5 Å². The van der Waals surface area contributed by atoms with Gasteiger partial charge in [0.1, 0.15) is 11.5 Å². The Labute approximate surface area is 167 Å². The van der Waals surface area contributed by atoms with Gasteiger partial charge in [0.15, 0.2) is 9.84 Å². The summed E-state index contributed by atoms with van der Waals surface area (Å²) < 4.78 is 33.6. The van der Waals surface area contributed by atoms with E-state index in [1.165, 1.54) is 17.6 Å². The van der Waals surface area contributed by atoms with Crippen molar-refractivity contribution in [2.24, 2.45) is 5.10 Å². The molecule has 0 aliphatic heterocycles. The van der Waals surface area contributed by atoms with Crippen LogP contribution in [0.4, 0.5) is 5.13 Å². The Morgan fingerprint density at radius 2 is 1.86 bits per heavy atom. The molecule has 0 atom stereocenters. The number of hydrogen-bond acceptors (Lipinski definition) is 8. The third-order valence-electron chi connectivity index (χ3n) is 3.89. The molecule has 0 aliphatic rings. The lowest BCUT2D eigenvalue weighted by atomic mass is 10.2. The van der Waals surface area contributed by atoms with Crippen LogP contribution < -0.4 is 14.9 Å². The third-order valence-corrected chi connectivity index (χ3v) is 5.76. The fourth-order valence-corrected chi connectivity index (χ4v) is 3.71. The topological polar surface area (TPSA) is 89.9 Å². The molecule has 1 heterocycles. The third kappa shape index (κ3) is 4.68. The number of hydrazone groups is 1. The van der Waals surface area contributed by atoms with Crippen LogP contribution in [0.15, 0.2) is 57.8 Å². The zero-order valence-corrected chi connectivity index (χ0v) is 17.2. The van der Waals surface area contributed by atoms with E-state index in [0.29, 0.717) is 16.6 Å². The van der Waals surface area contributed by atoms with Gasteiger partial charge in [-0.25, -0.2) is 13.4 Å². The highest BCUT2D eigenvalue weighted by Crippen LogP contribution is 2.26. The van der Waals surface area contributed by atoms with Crippen LogP contribution in [0.2, 0.25) is 0 Å². The number of thiazole rings is 1. The van der Waals surface area contributed by atoms with Gasteiger partial charge in [0.2, 0.25) is 5.13 Å². The summed E-state index contributed by atoms with van der Waals surface area (Å²) in [6.45, 7) is 0. The number of nitrogens with one attached hydrogen (secondary N) is 1. The molecule has 0 fully saturated rings. The highest BCUT2D eigenvalue weighted by Gasteiger charge is 2.09. The Morgan fingerprint density at radius 3 is 2.50 bits per heavy atom. The number of rotatable bonds is 7. The van der Waals surface area contributed by atoms with Crippen molar-refractivity contribution in [3.63, 3.8) is 0 Å². The van der Waals surface area contributed by atoms with Crippen LogP contribution in [0.25, 0.3) is 11.3 Å². The van der Waals surface area contributed by atoms with Gasteiger partial charge in [-0.1, -0.05) is 12.1 Å². The van der Waals surface area contributed by atoms with Crippen molar-refractivity contribution in [1.82, 2.24) is 4.98 Å². The van der Waals surface area contributed by atoms with E-state index in [0.717, 1.165) is 16.8 Å². The Kier molecular flexibility index (Phi) is 5.96. The smallest absolute Gasteiger partial charge is 0.203 e. The molecule has 0 saturated carbocycles. The van der Waals surface area contributed by atoms with E-state index < -0.39 is 9.84 Å². The van der Waals surface area contributed by atoms with Crippen molar-refractivity contribution < 1.29 is 17.9 Å². The number of sulfone groups is 1. The van der Waals surface area contributed by atoms with Crippen LogP contribution in [0.3, 0.4) is 0 Å². The van der Waals surface area contributed by atoms with E-state index in [2.05, 4.69) is 15.5 Å². The molecular weight excluding hydrogens is 398 g/mol. The lowest BCUT2D eigenvalue weighted by Crippen LogP contribution is -1.96. The quantitative estimate of drug-likeness (QED) is 0.466. The summed E-state index contributed by atoms with van der Waals surface area (Å²) >= 11 is 1.40. The molecule has 3 aromatic rings. The second-order valence-corrected chi connectivity index (χ2v) is 8.69. The van der Waals surface area contributed by atoms with Gasteiger partial charge in [0.25, 0.3) is 0 Å². The lowest BCUT2D eigenvalue weighted by molar-refractivity contribution is 0.394. The summed E-state index contributed by atoms with van der Waals surface area (Å²) in [5.41, 5.74) is 5.26. The number of methoxy groups -OCH3 is 2. The first kappa shape index (κ1) is 19.8. The van der Waals surface area contributed by atoms with Crippen LogP contribution in [0.5, 0.6) is 11.5 Å². The number of ether oxygens (including phenoxy) is 2. The van der Waals surface area contributed by atoms with Gasteiger partial charge in [-0.05, 0) is 24.3 Å². The van der Waals surface area contributed by atoms with Crippen LogP contribution in [-0.4, -0.2) is 40.1 Å². The zero-order chi connectivity index (χ0) is 20.1. The summed E-state index contributed by atoms with van der Waals surface area (Å²) in [5, 5.41) is 6.70. The van der Waals surface area contributed by atoms with E-state index in [-0.39, 0.29) is 4.90 Å². The maximum Gasteiger partial charge on any atom is 0.203 e. The molecule has 7 nitrogen and oxygen atoms in total. The molecule has 0 unspecified atom stereocenters. The monoisotopic (exact) mass is 417 g/mol. The van der Waals surface area contributed by atoms with Crippen LogP contribution in [0, 0.1) is 0 Å². The lowest BCUT2D eigenvalue weighted by Gasteiger charge is -2.06. The molecule has 0 radical (unpaired) electrons. The second-order valence-electron chi connectivity index (χ2n) is 5.81. The van der Waals surface area contributed by atoms with Gasteiger partial charge in [-0.2, -0.15) is 5.10 Å². The largest absolute Gasteiger partial charge is 0.497 e. The molecule has 9 heteroatoms. The number of aromatic nitrogens is 1. The van der Waals surface area contributed by atoms with Crippen LogP contribution >= 0.6 is 11.3 Å². The normalized spacial score (nSPS) is 11.5. The minimum absolute atomic E-state index is 0.280. The molecular formula is C19H19N3O4S2. The molecule has 1 N–H and O–H groups in total. The maximum atomic E-state index is 11.5. The molecule has 2 aromatic carbocycles. The summed E-state index contributed by atoms with van der Waals surface area (Å²) in [6.07, 6.45) is 2.82. The summed E-state index contributed by atoms with van der Waals surface area (Å²) in [4.78, 5) is 4.75. The Hall–Kier alpha value is -2.91. The molecule has 0 spiro atoms. The molecule has 0 saturated heterocycles. The molecule has 146 valence electrons. The average Bonchev–Trinajstić information content (AvgIpc) is 3.16. The number of nitrogens with zero attached hydrogens (tertiary/aromatic N) is 2. The van der Waals surface area contributed by atoms with Crippen molar-refractivity contribution in [3.05, 3.63) is 53.4 Å². The summed E-state index contributed by atoms with van der Waals surface area (Å²) in [6, 6.07) is 12.1. The Bertz CT molecular complexity index is 1090. The van der Waals surface area contributed by atoms with Crippen molar-refractivity contribution in [2.75, 3.05) is 25.9 Å². The molecule has 1 aromatic heterocycles. The average molecular weight is 418 g/mol. The van der Waals surface area contributed by atoms with Gasteiger partial charge in [0.05, 0.1) is 31.0 Å². The van der Waals surface area contributed by atoms with Gasteiger partial charge < -0.3 is 9.47 Å². The minimum atomic E-state index is -3.21. The zero-order valence-electron chi connectivity index (χ0n) is 15.5. The van der Waals surface area contributed by atoms with E-state index in [4.69, 9.17) is 9.47 Å². The Morgan fingerprint density at radius 1 is 1.11 bits per heavy atom. The Balaban J connectivity index is 1.71. The fraction of sp³-hybridized carbons (Fsp3) is 0.158. The predicted octanol–water partition coefficient (Wildman–Crippen LogP) is 3.68. The molecule has 28 heavy (non-hydrogen) atoms. The van der Waals surface area contributed by atoms with E-state index in [1.54, 1.807) is 50.8 Å². The van der Waals surface area contributed by atoms with Crippen molar-refractivity contribution in [2.45, 2.75) is 4.90 Å². The first-order chi connectivity index (χ1) is 13.4. The highest BCUT2D eigenvalue weighted by atomic mass is 32.2. The van der Waals surface area contributed by atoms with E-state index in [9.17, 15) is 8.42 Å². The first-order valence-electron chi connectivity index (χ1n) is 8.18.